The molecule has 0 amide bonds. The molecule has 0 aromatic rings. The van der Waals surface area contributed by atoms with Gasteiger partial charge in [0, 0.05) is 46.2 Å². The van der Waals surface area contributed by atoms with Crippen LogP contribution in [0, 0.1) is 0 Å². The minimum Gasteiger partial charge on any atom is -0.394 e. The third-order valence-electron chi connectivity index (χ3n) is 25.5. The molecule has 59 heteroatoms. The van der Waals surface area contributed by atoms with Crippen molar-refractivity contribution >= 4 is 0 Å². The minimum absolute atomic E-state index is 0.0439. The van der Waals surface area contributed by atoms with Crippen LogP contribution in [0.5, 0.6) is 0 Å². The quantitative estimate of drug-likeness (QED) is 0.0251. The topological polar surface area (TPSA) is 897 Å². The second-order valence-electron chi connectivity index (χ2n) is 35.8. The molecular formula is C84H150O59. The summed E-state index contributed by atoms with van der Waals surface area (Å²) in [7, 11) is 0. The molecule has 0 aromatic carbocycles. The highest BCUT2D eigenvalue weighted by atomic mass is 16.8. The van der Waals surface area contributed by atoms with Crippen LogP contribution in [-0.2, 0) is 128 Å². The van der Waals surface area contributed by atoms with Crippen LogP contribution >= 0.6 is 0 Å². The van der Waals surface area contributed by atoms with Crippen molar-refractivity contribution in [3.63, 3.8) is 0 Å². The maximum Gasteiger partial charge on any atom is 0.187 e. The molecule has 59 nitrogen and oxygen atoms in total. The standard InChI is InChI=1S/C84H150O59/c85-25-35-45(93)53(101)61(109)75(134-35)124-16-1-9-117-33-43-69(118-10-2-17-125-76-62(110)54(102)46(94)36(26-86)135-76)71(120-12-4-19-127-78-64(112)56(104)48(96)38(28-88)137-78)74(123-15-7-22-130-81-67(115)59(107)51(99)41(31-91)140-81)84(142-43)133-34-44-70(119-11-3-18-126-77-63(111)55(103)47(95)37(27-87)136-77)72(121-13-5-20-128-79-65(113)57(105)49(97)39(29-89)138-79)73(122-14-6-21-129-80-66(114)58(106)50(98)40(30-90)139-80)83(143-44)132-24-8-23-131-82-68(116)60(108)52(100)42(32-92)141-82/h35-116H,1-34H2/t35-,36-,37-,38-,39-,40-,41-,42-,43-,44-,45-,46-,47-,48-,49-,50-,51-,52-,53+,54+,55+,56+,57+,58+,59+,60+,61+,62+,63+,64+,65+,66+,67+,68+,69+,70-,71+,72+,73-,74-,75+,76+,77+,78+,79+,80+,81+,82+,83-,84+/m1/s1. The molecule has 0 saturated carbocycles. The summed E-state index contributed by atoms with van der Waals surface area (Å²) in [5.74, 6) is 0. The van der Waals surface area contributed by atoms with Crippen LogP contribution in [-0.4, -0.2) is 642 Å². The molecule has 10 aliphatic rings. The van der Waals surface area contributed by atoms with Gasteiger partial charge in [-0.15, -0.1) is 0 Å². The van der Waals surface area contributed by atoms with E-state index >= 15 is 0 Å². The summed E-state index contributed by atoms with van der Waals surface area (Å²) in [6.07, 6.45) is -85.3. The zero-order valence-corrected chi connectivity index (χ0v) is 78.2. The fourth-order valence-electron chi connectivity index (χ4n) is 17.1. The molecule has 0 bridgehead atoms. The van der Waals surface area contributed by atoms with Crippen molar-refractivity contribution in [2.45, 2.75) is 358 Å². The first-order valence-electron chi connectivity index (χ1n) is 47.8. The van der Waals surface area contributed by atoms with Gasteiger partial charge in [0.1, 0.15) is 244 Å². The van der Waals surface area contributed by atoms with E-state index in [1.807, 2.05) is 0 Å². The summed E-state index contributed by atoms with van der Waals surface area (Å²) in [5.41, 5.74) is 0. The van der Waals surface area contributed by atoms with Crippen molar-refractivity contribution in [3.8, 4) is 0 Å². The van der Waals surface area contributed by atoms with Crippen LogP contribution < -0.4 is 0 Å². The maximum absolute atomic E-state index is 11.0. The highest BCUT2D eigenvalue weighted by Gasteiger charge is 2.57. The van der Waals surface area contributed by atoms with E-state index in [0.29, 0.717) is 0 Å². The average Bonchev–Trinajstić information content (AvgIpc) is 0.774. The molecule has 0 radical (unpaired) electrons. The Labute approximate surface area is 818 Å². The molecule has 10 aliphatic heterocycles. The first kappa shape index (κ1) is 122. The van der Waals surface area contributed by atoms with Crippen molar-refractivity contribution in [2.75, 3.05) is 172 Å². The molecule has 0 aromatic heterocycles. The van der Waals surface area contributed by atoms with Crippen molar-refractivity contribution < 1.29 is 291 Å². The summed E-state index contributed by atoms with van der Waals surface area (Å²) in [6.45, 7) is -13.8. The molecule has 0 spiro atoms. The zero-order chi connectivity index (χ0) is 104. The number of rotatable bonds is 60. The Kier molecular flexibility index (Phi) is 52.8. The fourth-order valence-corrected chi connectivity index (χ4v) is 17.1. The van der Waals surface area contributed by atoms with Crippen LogP contribution in [0.2, 0.25) is 0 Å². The molecule has 840 valence electrons. The van der Waals surface area contributed by atoms with Gasteiger partial charge >= 0.3 is 0 Å². The first-order chi connectivity index (χ1) is 68.6. The molecule has 10 rings (SSSR count). The Bertz CT molecular complexity index is 3380. The van der Waals surface area contributed by atoms with E-state index in [0.717, 1.165) is 0 Å². The van der Waals surface area contributed by atoms with Crippen LogP contribution in [0.15, 0.2) is 0 Å². The lowest BCUT2D eigenvalue weighted by molar-refractivity contribution is -0.351. The summed E-state index contributed by atoms with van der Waals surface area (Å²) >= 11 is 0. The second-order valence-corrected chi connectivity index (χ2v) is 35.8. The maximum atomic E-state index is 11.0. The Hall–Kier alpha value is -2.36. The lowest BCUT2D eigenvalue weighted by Gasteiger charge is -2.48. The predicted octanol–water partition coefficient (Wildman–Crippen LogP) is -19.5. The minimum atomic E-state index is -1.88. The predicted molar refractivity (Wildman–Crippen MR) is 453 cm³/mol. The van der Waals surface area contributed by atoms with Gasteiger partial charge in [0.25, 0.3) is 0 Å². The average molecular weight is 2100 g/mol. The largest absolute Gasteiger partial charge is 0.394 e. The SMILES string of the molecule is OC[C@H]1O[C@H](OCCCOC[C@H]2O[C@H](OC[C@H]3O[C@@H](OCCCO[C@H]4O[C@H](CO)[C@@H](O)[C@H](O)[C@@H]4O)[C@H](OCCCO[C@H]4O[C@H](CO)[C@@H](O)[C@H](O)[C@@H]4O)[C@@H](OCCCO[C@H]4O[C@H](CO)[C@@H](O)[C@H](O)[C@@H]4O)[C@@H]3OCCCO[C@H]3O[C@H](CO)[C@@H](O)[C@H](O)[C@@H]3O)[C@H](OCCCO[C@H]3O[C@H](CO)[C@@H](O)[C@H](O)[C@@H]3O)[C@@H](OCCCO[C@H]3O[C@H](CO)[C@@H](O)[C@H](O)[C@@H]3O)[C@H]2OCCCO[C@H]2O[C@H](CO)[C@@H](O)[C@H](O)[C@@H]2O)[C@@H](O)[C@@H](O)[C@@H]1O. The van der Waals surface area contributed by atoms with Crippen molar-refractivity contribution in [2.24, 2.45) is 0 Å². The Morgan fingerprint density at radius 1 is 0.126 bits per heavy atom. The van der Waals surface area contributed by atoms with E-state index in [9.17, 15) is 163 Å². The van der Waals surface area contributed by atoms with Gasteiger partial charge in [-0.3, -0.25) is 0 Å². The number of hydrogen-bond acceptors (Lipinski definition) is 59. The van der Waals surface area contributed by atoms with Crippen LogP contribution in [0.4, 0.5) is 0 Å². The molecule has 32 N–H and O–H groups in total. The van der Waals surface area contributed by atoms with E-state index in [1.54, 1.807) is 0 Å². The van der Waals surface area contributed by atoms with E-state index in [-0.39, 0.29) is 111 Å². The van der Waals surface area contributed by atoms with E-state index in [1.165, 1.54) is 0 Å². The molecular weight excluding hydrogens is 1950 g/mol. The lowest BCUT2D eigenvalue weighted by atomic mass is 9.97. The number of aliphatic hydroxyl groups excluding tert-OH is 32. The normalized spacial score (nSPS) is 44.4. The van der Waals surface area contributed by atoms with E-state index in [4.69, 9.17) is 128 Å². The summed E-state index contributed by atoms with van der Waals surface area (Å²) in [6, 6.07) is 0. The van der Waals surface area contributed by atoms with Gasteiger partial charge in [0.2, 0.25) is 0 Å². The molecule has 0 aliphatic carbocycles. The second kappa shape index (κ2) is 61.7. The Balaban J connectivity index is 1.03. The molecule has 50 atom stereocenters. The van der Waals surface area contributed by atoms with Crippen LogP contribution in [0.25, 0.3) is 0 Å². The van der Waals surface area contributed by atoms with Gasteiger partial charge in [-0.25, -0.2) is 0 Å². The highest BCUT2D eigenvalue weighted by molar-refractivity contribution is 5.00. The molecule has 10 fully saturated rings. The third-order valence-corrected chi connectivity index (χ3v) is 25.5. The lowest BCUT2D eigenvalue weighted by Crippen LogP contribution is -2.64. The molecule has 10 saturated heterocycles. The number of hydrogen-bond donors (Lipinski definition) is 32. The first-order valence-corrected chi connectivity index (χ1v) is 47.8. The monoisotopic (exact) mass is 2100 g/mol. The summed E-state index contributed by atoms with van der Waals surface area (Å²) in [4.78, 5) is 0. The van der Waals surface area contributed by atoms with Crippen LogP contribution in [0.3, 0.4) is 0 Å². The van der Waals surface area contributed by atoms with Gasteiger partial charge in [0.15, 0.2) is 62.9 Å². The van der Waals surface area contributed by atoms with Gasteiger partial charge in [-0.2, -0.15) is 0 Å². The highest BCUT2D eigenvalue weighted by Crippen LogP contribution is 2.38. The van der Waals surface area contributed by atoms with Gasteiger partial charge in [-0.1, -0.05) is 0 Å². The molecule has 10 heterocycles. The van der Waals surface area contributed by atoms with Crippen molar-refractivity contribution in [1.29, 1.82) is 0 Å². The summed E-state index contributed by atoms with van der Waals surface area (Å²) in [5, 5.41) is 338. The molecule has 143 heavy (non-hydrogen) atoms. The molecule has 0 unspecified atom stereocenters. The number of aliphatic hydroxyl groups is 32. The summed E-state index contributed by atoms with van der Waals surface area (Å²) < 4.78 is 166. The van der Waals surface area contributed by atoms with E-state index in [2.05, 4.69) is 0 Å². The smallest absolute Gasteiger partial charge is 0.187 e. The van der Waals surface area contributed by atoms with Gasteiger partial charge in [-0.05, 0) is 51.4 Å². The third kappa shape index (κ3) is 32.9. The zero-order valence-electron chi connectivity index (χ0n) is 78.2. The fraction of sp³-hybridized carbons (Fsp3) is 1.00. The van der Waals surface area contributed by atoms with Crippen molar-refractivity contribution in [3.05, 3.63) is 0 Å². The number of ether oxygens (including phenoxy) is 27. The van der Waals surface area contributed by atoms with Crippen molar-refractivity contribution in [1.82, 2.24) is 0 Å². The van der Waals surface area contributed by atoms with Crippen LogP contribution in [0.1, 0.15) is 51.4 Å². The van der Waals surface area contributed by atoms with E-state index < -0.39 is 419 Å². The van der Waals surface area contributed by atoms with Gasteiger partial charge in [0.05, 0.1) is 126 Å². The Morgan fingerprint density at radius 2 is 0.273 bits per heavy atom. The van der Waals surface area contributed by atoms with Gasteiger partial charge < -0.3 is 291 Å². The Morgan fingerprint density at radius 3 is 0.469 bits per heavy atom.